The third-order valence-corrected chi connectivity index (χ3v) is 1.93. The van der Waals surface area contributed by atoms with Crippen LogP contribution in [0, 0.1) is 11.8 Å². The minimum absolute atomic E-state index is 0.400. The van der Waals surface area contributed by atoms with E-state index in [-0.39, 0.29) is 0 Å². The Labute approximate surface area is 93.9 Å². The Morgan fingerprint density at radius 2 is 1.25 bits per heavy atom. The van der Waals surface area contributed by atoms with E-state index in [1.54, 1.807) is 0 Å². The maximum atomic E-state index is 11.6. The topological polar surface area (TPSA) is 94.9 Å². The van der Waals surface area contributed by atoms with E-state index in [0.29, 0.717) is 4.90 Å². The molecule has 6 heteroatoms. The number of carbonyl (C=O) groups excluding carboxylic acids is 2. The number of nitrogens with zero attached hydrogens (tertiary/aromatic N) is 1. The van der Waals surface area contributed by atoms with Crippen molar-refractivity contribution in [3.63, 3.8) is 0 Å². The fourth-order valence-corrected chi connectivity index (χ4v) is 1.02. The van der Waals surface area contributed by atoms with Gasteiger partial charge in [-0.15, -0.1) is 0 Å². The molecule has 0 aliphatic rings. The normalized spacial score (nSPS) is 12.7. The summed E-state index contributed by atoms with van der Waals surface area (Å²) in [7, 11) is 0. The van der Waals surface area contributed by atoms with E-state index >= 15 is 0 Å². The van der Waals surface area contributed by atoms with E-state index in [1.807, 2.05) is 0 Å². The van der Waals surface area contributed by atoms with Crippen molar-refractivity contribution >= 4 is 17.8 Å². The van der Waals surface area contributed by atoms with Crippen molar-refractivity contribution in [3.8, 4) is 0 Å². The summed E-state index contributed by atoms with van der Waals surface area (Å²) in [4.78, 5) is 34.2. The number of hydrogen-bond donors (Lipinski definition) is 2. The zero-order valence-corrected chi connectivity index (χ0v) is 9.80. The maximum Gasteiger partial charge on any atom is 0.354 e. The van der Waals surface area contributed by atoms with Crippen molar-refractivity contribution in [1.29, 1.82) is 0 Å². The van der Waals surface area contributed by atoms with Crippen LogP contribution < -0.4 is 0 Å². The highest BCUT2D eigenvalue weighted by atomic mass is 16.4. The fourth-order valence-electron chi connectivity index (χ4n) is 1.02. The molecule has 2 amide bonds. The molecule has 0 aromatic carbocycles. The van der Waals surface area contributed by atoms with Crippen LogP contribution in [-0.2, 0) is 14.4 Å². The summed E-state index contributed by atoms with van der Waals surface area (Å²) in [5.74, 6) is -4.14. The summed E-state index contributed by atoms with van der Waals surface area (Å²) < 4.78 is 0. The lowest BCUT2D eigenvalue weighted by Gasteiger charge is -2.26. The van der Waals surface area contributed by atoms with E-state index < -0.39 is 35.8 Å². The Hall–Kier alpha value is -1.43. The number of carbonyl (C=O) groups is 3. The maximum absolute atomic E-state index is 11.6. The molecule has 1 unspecified atom stereocenters. The van der Waals surface area contributed by atoms with E-state index in [0.717, 1.165) is 0 Å². The molecular formula is C10H17NO5. The summed E-state index contributed by atoms with van der Waals surface area (Å²) >= 11 is 0. The van der Waals surface area contributed by atoms with Crippen LogP contribution in [0.2, 0.25) is 0 Å². The molecular weight excluding hydrogens is 214 g/mol. The molecule has 0 aliphatic heterocycles. The summed E-state index contributed by atoms with van der Waals surface area (Å²) in [5.41, 5.74) is 0. The van der Waals surface area contributed by atoms with Gasteiger partial charge in [0.05, 0.1) is 0 Å². The first-order chi connectivity index (χ1) is 7.20. The molecule has 0 fully saturated rings. The molecule has 0 spiro atoms. The highest BCUT2D eigenvalue weighted by molar-refractivity contribution is 6.00. The third kappa shape index (κ3) is 3.30. The average molecular weight is 231 g/mol. The Bertz CT molecular complexity index is 278. The summed E-state index contributed by atoms with van der Waals surface area (Å²) in [6.07, 6.45) is -2.12. The van der Waals surface area contributed by atoms with Crippen molar-refractivity contribution in [3.05, 3.63) is 0 Å². The molecule has 0 radical (unpaired) electrons. The van der Waals surface area contributed by atoms with Crippen LogP contribution in [-0.4, -0.2) is 39.1 Å². The number of imide groups is 1. The lowest BCUT2D eigenvalue weighted by atomic mass is 10.1. The molecule has 0 rings (SSSR count). The highest BCUT2D eigenvalue weighted by Crippen LogP contribution is 2.10. The second kappa shape index (κ2) is 5.60. The first kappa shape index (κ1) is 14.6. The molecule has 0 saturated heterocycles. The Kier molecular flexibility index (Phi) is 5.10. The van der Waals surface area contributed by atoms with E-state index in [1.165, 1.54) is 27.7 Å². The molecule has 1 atom stereocenters. The second-order valence-electron chi connectivity index (χ2n) is 4.07. The molecule has 92 valence electrons. The van der Waals surface area contributed by atoms with Gasteiger partial charge in [-0.3, -0.25) is 9.59 Å². The third-order valence-electron chi connectivity index (χ3n) is 1.93. The van der Waals surface area contributed by atoms with Crippen LogP contribution in [0.1, 0.15) is 27.7 Å². The van der Waals surface area contributed by atoms with Gasteiger partial charge in [0.1, 0.15) is 0 Å². The van der Waals surface area contributed by atoms with Gasteiger partial charge in [-0.1, -0.05) is 27.7 Å². The standard InChI is InChI=1S/C10H17NO5/c1-5(2)7(12)11(8(13)6(3)4)9(14)10(15)16/h5-6,9,14H,1-4H3,(H,15,16). The fraction of sp³-hybridized carbons (Fsp3) is 0.700. The largest absolute Gasteiger partial charge is 0.478 e. The predicted molar refractivity (Wildman–Crippen MR) is 55.2 cm³/mol. The molecule has 0 heterocycles. The van der Waals surface area contributed by atoms with Crippen molar-refractivity contribution in [1.82, 2.24) is 4.90 Å². The zero-order valence-electron chi connectivity index (χ0n) is 9.80. The van der Waals surface area contributed by atoms with Crippen LogP contribution in [0.5, 0.6) is 0 Å². The summed E-state index contributed by atoms with van der Waals surface area (Å²) in [6.45, 7) is 6.10. The van der Waals surface area contributed by atoms with Gasteiger partial charge in [0, 0.05) is 11.8 Å². The average Bonchev–Trinajstić information content (AvgIpc) is 2.16. The van der Waals surface area contributed by atoms with Gasteiger partial charge < -0.3 is 10.2 Å². The highest BCUT2D eigenvalue weighted by Gasteiger charge is 2.35. The van der Waals surface area contributed by atoms with Gasteiger partial charge in [0.2, 0.25) is 18.0 Å². The second-order valence-corrected chi connectivity index (χ2v) is 4.07. The van der Waals surface area contributed by atoms with Crippen LogP contribution >= 0.6 is 0 Å². The first-order valence-electron chi connectivity index (χ1n) is 4.98. The van der Waals surface area contributed by atoms with Gasteiger partial charge >= 0.3 is 5.97 Å². The van der Waals surface area contributed by atoms with Crippen molar-refractivity contribution in [2.24, 2.45) is 11.8 Å². The van der Waals surface area contributed by atoms with Crippen molar-refractivity contribution in [2.75, 3.05) is 0 Å². The Morgan fingerprint density at radius 1 is 0.938 bits per heavy atom. The molecule has 0 aromatic rings. The van der Waals surface area contributed by atoms with Gasteiger partial charge in [-0.2, -0.15) is 0 Å². The lowest BCUT2D eigenvalue weighted by molar-refractivity contribution is -0.174. The number of amides is 2. The zero-order chi connectivity index (χ0) is 13.0. The summed E-state index contributed by atoms with van der Waals surface area (Å²) in [6, 6.07) is 0. The van der Waals surface area contributed by atoms with Crippen LogP contribution in [0.3, 0.4) is 0 Å². The summed E-state index contributed by atoms with van der Waals surface area (Å²) in [5, 5.41) is 17.9. The monoisotopic (exact) mass is 231 g/mol. The quantitative estimate of drug-likeness (QED) is 0.667. The molecule has 0 aliphatic carbocycles. The SMILES string of the molecule is CC(C)C(=O)N(C(=O)C(C)C)C(O)C(=O)O. The Balaban J connectivity index is 5.13. The molecule has 0 bridgehead atoms. The van der Waals surface area contributed by atoms with Gasteiger partial charge in [-0.25, -0.2) is 9.69 Å². The molecule has 0 aromatic heterocycles. The van der Waals surface area contributed by atoms with Crippen molar-refractivity contribution < 1.29 is 24.6 Å². The lowest BCUT2D eigenvalue weighted by Crippen LogP contribution is -2.51. The first-order valence-corrected chi connectivity index (χ1v) is 4.98. The predicted octanol–water partition coefficient (Wildman–Crippen LogP) is 0.0566. The van der Waals surface area contributed by atoms with Crippen LogP contribution in [0.25, 0.3) is 0 Å². The minimum atomic E-state index is -2.12. The van der Waals surface area contributed by atoms with Gasteiger partial charge in [-0.05, 0) is 0 Å². The van der Waals surface area contributed by atoms with Gasteiger partial charge in [0.15, 0.2) is 0 Å². The molecule has 6 nitrogen and oxygen atoms in total. The molecule has 2 N–H and O–H groups in total. The molecule has 16 heavy (non-hydrogen) atoms. The molecule has 0 saturated carbocycles. The van der Waals surface area contributed by atoms with Crippen LogP contribution in [0.4, 0.5) is 0 Å². The van der Waals surface area contributed by atoms with E-state index in [2.05, 4.69) is 0 Å². The van der Waals surface area contributed by atoms with E-state index in [9.17, 15) is 19.5 Å². The van der Waals surface area contributed by atoms with E-state index in [4.69, 9.17) is 5.11 Å². The number of rotatable bonds is 4. The van der Waals surface area contributed by atoms with Crippen molar-refractivity contribution in [2.45, 2.75) is 33.9 Å². The number of hydrogen-bond acceptors (Lipinski definition) is 4. The minimum Gasteiger partial charge on any atom is -0.478 e. The number of aliphatic hydroxyl groups excluding tert-OH is 1. The number of aliphatic hydroxyl groups is 1. The number of carboxylic acid groups (broad SMARTS) is 1. The van der Waals surface area contributed by atoms with Crippen LogP contribution in [0.15, 0.2) is 0 Å². The number of aliphatic carboxylic acids is 1. The Morgan fingerprint density at radius 3 is 1.44 bits per heavy atom. The van der Waals surface area contributed by atoms with Gasteiger partial charge in [0.25, 0.3) is 0 Å². The number of carboxylic acids is 1. The smallest absolute Gasteiger partial charge is 0.354 e.